The van der Waals surface area contributed by atoms with E-state index in [1.807, 2.05) is 11.6 Å². The van der Waals surface area contributed by atoms with Gasteiger partial charge in [0.25, 0.3) is 0 Å². The predicted octanol–water partition coefficient (Wildman–Crippen LogP) is 3.73. The van der Waals surface area contributed by atoms with Gasteiger partial charge in [-0.05, 0) is 44.4 Å². The highest BCUT2D eigenvalue weighted by atomic mass is 32.1. The van der Waals surface area contributed by atoms with Crippen molar-refractivity contribution in [2.24, 2.45) is 5.92 Å². The molecule has 2 heterocycles. The molecule has 1 N–H and O–H groups in total. The summed E-state index contributed by atoms with van der Waals surface area (Å²) in [4.78, 5) is 19.6. The van der Waals surface area contributed by atoms with Crippen LogP contribution in [0.1, 0.15) is 62.4 Å². The number of amides is 2. The lowest BCUT2D eigenvalue weighted by Gasteiger charge is -2.32. The molecule has 2 amide bonds. The standard InChI is InChI=1S/C18H27N3O2S/c22-18(20-16(13-7-8-13)17-19-9-11-24-17)21(14-4-1-2-5-14)12-15-6-3-10-23-15/h9,11,13-16H,1-8,10,12H2,(H,20,22)/t15-,16+/m0/s1. The van der Waals surface area contributed by atoms with Gasteiger partial charge in [-0.1, -0.05) is 12.8 Å². The van der Waals surface area contributed by atoms with Gasteiger partial charge in [0.15, 0.2) is 0 Å². The fourth-order valence-corrected chi connectivity index (χ4v) is 4.82. The first-order valence-electron chi connectivity index (χ1n) is 9.39. The Morgan fingerprint density at radius 1 is 1.29 bits per heavy atom. The summed E-state index contributed by atoms with van der Waals surface area (Å²) in [5, 5.41) is 6.36. The number of aromatic nitrogens is 1. The molecule has 1 saturated heterocycles. The third kappa shape index (κ3) is 3.75. The van der Waals surface area contributed by atoms with Gasteiger partial charge >= 0.3 is 6.03 Å². The molecule has 4 rings (SSSR count). The average Bonchev–Trinajstić information content (AvgIpc) is 3.08. The highest BCUT2D eigenvalue weighted by Crippen LogP contribution is 2.41. The zero-order chi connectivity index (χ0) is 16.4. The Kier molecular flexibility index (Phi) is 5.03. The van der Waals surface area contributed by atoms with Crippen LogP contribution in [0.15, 0.2) is 11.6 Å². The van der Waals surface area contributed by atoms with E-state index in [9.17, 15) is 4.79 Å². The van der Waals surface area contributed by atoms with Crippen molar-refractivity contribution < 1.29 is 9.53 Å². The number of rotatable bonds is 6. The molecule has 0 unspecified atom stereocenters. The van der Waals surface area contributed by atoms with Gasteiger partial charge in [0.2, 0.25) is 0 Å². The van der Waals surface area contributed by atoms with Gasteiger partial charge in [-0.2, -0.15) is 0 Å². The number of hydrogen-bond acceptors (Lipinski definition) is 4. The van der Waals surface area contributed by atoms with Crippen molar-refractivity contribution in [1.29, 1.82) is 0 Å². The molecule has 0 aromatic carbocycles. The number of carbonyl (C=O) groups is 1. The summed E-state index contributed by atoms with van der Waals surface area (Å²) in [6.45, 7) is 1.58. The fraction of sp³-hybridized carbons (Fsp3) is 0.778. The molecule has 1 aliphatic heterocycles. The van der Waals surface area contributed by atoms with Crippen LogP contribution in [0.4, 0.5) is 4.79 Å². The SMILES string of the molecule is O=C(N[C@@H](c1nccs1)C1CC1)N(C[C@@H]1CCCO1)C1CCCC1. The van der Waals surface area contributed by atoms with E-state index in [1.54, 1.807) is 11.3 Å². The van der Waals surface area contributed by atoms with Crippen LogP contribution in [-0.2, 0) is 4.74 Å². The van der Waals surface area contributed by atoms with Crippen LogP contribution in [0.2, 0.25) is 0 Å². The zero-order valence-electron chi connectivity index (χ0n) is 14.2. The highest BCUT2D eigenvalue weighted by molar-refractivity contribution is 7.09. The lowest BCUT2D eigenvalue weighted by molar-refractivity contribution is 0.0690. The molecule has 2 saturated carbocycles. The second-order valence-corrected chi connectivity index (χ2v) is 8.29. The third-order valence-corrected chi connectivity index (χ3v) is 6.40. The Hall–Kier alpha value is -1.14. The molecule has 2 aliphatic carbocycles. The number of hydrogen-bond donors (Lipinski definition) is 1. The largest absolute Gasteiger partial charge is 0.376 e. The Labute approximate surface area is 147 Å². The summed E-state index contributed by atoms with van der Waals surface area (Å²) < 4.78 is 5.80. The van der Waals surface area contributed by atoms with E-state index in [-0.39, 0.29) is 18.2 Å². The topological polar surface area (TPSA) is 54.5 Å². The Morgan fingerprint density at radius 3 is 2.75 bits per heavy atom. The van der Waals surface area contributed by atoms with Crippen LogP contribution < -0.4 is 5.32 Å². The van der Waals surface area contributed by atoms with E-state index in [1.165, 1.54) is 25.7 Å². The van der Waals surface area contributed by atoms with Crippen molar-refractivity contribution in [2.45, 2.75) is 69.6 Å². The molecular weight excluding hydrogens is 322 g/mol. The Bertz CT molecular complexity index is 534. The zero-order valence-corrected chi connectivity index (χ0v) is 15.0. The van der Waals surface area contributed by atoms with Crippen molar-refractivity contribution in [1.82, 2.24) is 15.2 Å². The number of carbonyl (C=O) groups excluding carboxylic acids is 1. The third-order valence-electron chi connectivity index (χ3n) is 5.54. The quantitative estimate of drug-likeness (QED) is 0.851. The molecule has 1 aromatic heterocycles. The number of thiazole rings is 1. The molecule has 5 nitrogen and oxygen atoms in total. The van der Waals surface area contributed by atoms with Crippen LogP contribution in [0, 0.1) is 5.92 Å². The summed E-state index contributed by atoms with van der Waals surface area (Å²) in [5.74, 6) is 0.563. The maximum atomic E-state index is 13.1. The molecule has 0 spiro atoms. The number of urea groups is 1. The fourth-order valence-electron chi connectivity index (χ4n) is 4.04. The second-order valence-electron chi connectivity index (χ2n) is 7.36. The molecule has 1 aromatic rings. The van der Waals surface area contributed by atoms with Crippen LogP contribution in [0.5, 0.6) is 0 Å². The second kappa shape index (κ2) is 7.40. The Morgan fingerprint density at radius 2 is 2.12 bits per heavy atom. The van der Waals surface area contributed by atoms with Crippen LogP contribution in [0.25, 0.3) is 0 Å². The minimum Gasteiger partial charge on any atom is -0.376 e. The summed E-state index contributed by atoms with van der Waals surface area (Å²) >= 11 is 1.65. The van der Waals surface area contributed by atoms with Crippen LogP contribution in [0.3, 0.4) is 0 Å². The van der Waals surface area contributed by atoms with Gasteiger partial charge < -0.3 is 15.0 Å². The molecule has 132 valence electrons. The van der Waals surface area contributed by atoms with Gasteiger partial charge in [0.1, 0.15) is 5.01 Å². The van der Waals surface area contributed by atoms with E-state index in [2.05, 4.69) is 15.2 Å². The van der Waals surface area contributed by atoms with Crippen molar-refractivity contribution in [3.05, 3.63) is 16.6 Å². The summed E-state index contributed by atoms with van der Waals surface area (Å²) in [6.07, 6.45) is 11.4. The van der Waals surface area contributed by atoms with Crippen LogP contribution >= 0.6 is 11.3 Å². The maximum Gasteiger partial charge on any atom is 0.318 e. The minimum atomic E-state index is 0.0875. The lowest BCUT2D eigenvalue weighted by atomic mass is 10.1. The van der Waals surface area contributed by atoms with E-state index in [0.29, 0.717) is 12.0 Å². The van der Waals surface area contributed by atoms with Gasteiger partial charge in [-0.15, -0.1) is 11.3 Å². The van der Waals surface area contributed by atoms with Gasteiger partial charge in [-0.3, -0.25) is 0 Å². The summed E-state index contributed by atoms with van der Waals surface area (Å²) in [7, 11) is 0. The first-order valence-corrected chi connectivity index (χ1v) is 10.3. The predicted molar refractivity (Wildman–Crippen MR) is 94.0 cm³/mol. The molecule has 3 fully saturated rings. The van der Waals surface area contributed by atoms with Crippen molar-refractivity contribution >= 4 is 17.4 Å². The lowest BCUT2D eigenvalue weighted by Crippen LogP contribution is -2.49. The number of nitrogens with one attached hydrogen (secondary N) is 1. The van der Waals surface area contributed by atoms with Crippen molar-refractivity contribution in [3.63, 3.8) is 0 Å². The molecule has 0 radical (unpaired) electrons. The first kappa shape index (κ1) is 16.3. The first-order chi connectivity index (χ1) is 11.8. The number of ether oxygens (including phenoxy) is 1. The molecule has 0 bridgehead atoms. The van der Waals surface area contributed by atoms with Gasteiger partial charge in [0, 0.05) is 30.8 Å². The normalized spacial score (nSPS) is 25.8. The smallest absolute Gasteiger partial charge is 0.318 e. The Balaban J connectivity index is 1.45. The minimum absolute atomic E-state index is 0.0875. The maximum absolute atomic E-state index is 13.1. The molecule has 6 heteroatoms. The van der Waals surface area contributed by atoms with E-state index >= 15 is 0 Å². The van der Waals surface area contributed by atoms with Crippen molar-refractivity contribution in [2.75, 3.05) is 13.2 Å². The van der Waals surface area contributed by atoms with E-state index in [0.717, 1.165) is 43.8 Å². The van der Waals surface area contributed by atoms with E-state index < -0.39 is 0 Å². The van der Waals surface area contributed by atoms with Gasteiger partial charge in [0.05, 0.1) is 12.1 Å². The highest BCUT2D eigenvalue weighted by Gasteiger charge is 2.37. The molecule has 24 heavy (non-hydrogen) atoms. The average molecular weight is 350 g/mol. The van der Waals surface area contributed by atoms with Crippen molar-refractivity contribution in [3.8, 4) is 0 Å². The number of nitrogens with zero attached hydrogens (tertiary/aromatic N) is 2. The summed E-state index contributed by atoms with van der Waals surface area (Å²) in [6, 6.07) is 0.556. The van der Waals surface area contributed by atoms with Gasteiger partial charge in [-0.25, -0.2) is 9.78 Å². The molecule has 2 atom stereocenters. The van der Waals surface area contributed by atoms with E-state index in [4.69, 9.17) is 4.74 Å². The van der Waals surface area contributed by atoms with Crippen LogP contribution in [-0.4, -0.2) is 41.2 Å². The molecule has 3 aliphatic rings. The summed E-state index contributed by atoms with van der Waals surface area (Å²) in [5.41, 5.74) is 0. The monoisotopic (exact) mass is 349 g/mol. The molecular formula is C18H27N3O2S.